The topological polar surface area (TPSA) is 73.7 Å². The van der Waals surface area contributed by atoms with Gasteiger partial charge >= 0.3 is 5.71 Å². The third kappa shape index (κ3) is 1.49. The molecule has 4 heteroatoms. The first kappa shape index (κ1) is 8.43. The fourth-order valence-electron chi connectivity index (χ4n) is 1.02. The second-order valence-corrected chi connectivity index (χ2v) is 2.54. The van der Waals surface area contributed by atoms with Crippen LogP contribution in [0.25, 0.3) is 5.53 Å². The Morgan fingerprint density at radius 1 is 1.75 bits per heavy atom. The van der Waals surface area contributed by atoms with Crippen LogP contribution in [-0.2, 0) is 4.79 Å². The van der Waals surface area contributed by atoms with Gasteiger partial charge in [-0.1, -0.05) is 6.08 Å². The number of Topliss-reactive ketones (excluding diaryl/α,β-unsaturated/α-hetero) is 1. The van der Waals surface area contributed by atoms with E-state index in [4.69, 9.17) is 10.6 Å². The fraction of sp³-hybridized carbons (Fsp3) is 0.250. The normalized spacial score (nSPS) is 21.6. The molecule has 12 heavy (non-hydrogen) atoms. The predicted molar refractivity (Wildman–Crippen MR) is 42.6 cm³/mol. The third-order valence-electron chi connectivity index (χ3n) is 1.63. The van der Waals surface area contributed by atoms with E-state index in [9.17, 15) is 4.79 Å². The van der Waals surface area contributed by atoms with Gasteiger partial charge in [-0.05, 0) is 13.0 Å². The minimum atomic E-state index is -0.536. The summed E-state index contributed by atoms with van der Waals surface area (Å²) >= 11 is 0. The van der Waals surface area contributed by atoms with Crippen LogP contribution in [0.4, 0.5) is 0 Å². The van der Waals surface area contributed by atoms with Gasteiger partial charge < -0.3 is 10.6 Å². The Morgan fingerprint density at radius 2 is 2.42 bits per heavy atom. The average Bonchev–Trinajstić information content (AvgIpc) is 2.03. The van der Waals surface area contributed by atoms with Crippen LogP contribution < -0.4 is 0 Å². The quantitative estimate of drug-likeness (QED) is 0.461. The zero-order valence-electron chi connectivity index (χ0n) is 6.56. The Kier molecular flexibility index (Phi) is 2.21. The van der Waals surface area contributed by atoms with Crippen LogP contribution in [0.3, 0.4) is 0 Å². The number of carbonyl (C=O) groups excluding carboxylic acids is 1. The molecule has 0 spiro atoms. The van der Waals surface area contributed by atoms with Crippen molar-refractivity contribution in [3.8, 4) is 0 Å². The molecule has 1 unspecified atom stereocenters. The monoisotopic (exact) mass is 164 g/mol. The van der Waals surface area contributed by atoms with Crippen molar-refractivity contribution >= 4 is 11.5 Å². The van der Waals surface area contributed by atoms with Gasteiger partial charge in [-0.2, -0.15) is 4.79 Å². The van der Waals surface area contributed by atoms with E-state index in [0.717, 1.165) is 0 Å². The van der Waals surface area contributed by atoms with E-state index in [1.165, 1.54) is 25.2 Å². The van der Waals surface area contributed by atoms with Gasteiger partial charge in [-0.3, -0.25) is 4.79 Å². The smallest absolute Gasteiger partial charge is 0.309 e. The average molecular weight is 164 g/mol. The largest absolute Gasteiger partial charge is 0.508 e. The maximum Gasteiger partial charge on any atom is 0.309 e. The number of nitrogens with zero attached hydrogens (tertiary/aromatic N) is 2. The molecule has 1 aliphatic carbocycles. The molecule has 0 aromatic carbocycles. The van der Waals surface area contributed by atoms with E-state index in [1.807, 2.05) is 0 Å². The summed E-state index contributed by atoms with van der Waals surface area (Å²) in [6.45, 7) is 1.40. The number of aliphatic hydroxyl groups is 1. The highest BCUT2D eigenvalue weighted by Gasteiger charge is 2.26. The summed E-state index contributed by atoms with van der Waals surface area (Å²) in [7, 11) is 0. The first-order valence-electron chi connectivity index (χ1n) is 3.46. The molecule has 0 fully saturated rings. The van der Waals surface area contributed by atoms with Gasteiger partial charge in [-0.25, -0.2) is 0 Å². The molecule has 0 bridgehead atoms. The molecular weight excluding hydrogens is 156 g/mol. The van der Waals surface area contributed by atoms with Crippen LogP contribution in [0.15, 0.2) is 24.0 Å². The van der Waals surface area contributed by atoms with Gasteiger partial charge in [0.05, 0.1) is 6.08 Å². The standard InChI is InChI=1S/C8H8N2O2/c1-5(11)7-3-2-6(12)4-8(7)10-9/h2-4,7,12H,1H3. The highest BCUT2D eigenvalue weighted by atomic mass is 16.3. The Hall–Kier alpha value is -1.67. The molecule has 0 radical (unpaired) electrons. The summed E-state index contributed by atoms with van der Waals surface area (Å²) in [5.74, 6) is -0.672. The van der Waals surface area contributed by atoms with Gasteiger partial charge in [0.25, 0.3) is 0 Å². The lowest BCUT2D eigenvalue weighted by Crippen LogP contribution is -2.21. The van der Waals surface area contributed by atoms with E-state index in [0.29, 0.717) is 0 Å². The summed E-state index contributed by atoms with van der Waals surface area (Å²) in [6, 6.07) is 0. The molecule has 0 heterocycles. The van der Waals surface area contributed by atoms with Crippen molar-refractivity contribution < 1.29 is 14.7 Å². The lowest BCUT2D eigenvalue weighted by Gasteiger charge is -2.05. The summed E-state index contributed by atoms with van der Waals surface area (Å²) in [6.07, 6.45) is 4.15. The molecule has 4 nitrogen and oxygen atoms in total. The summed E-state index contributed by atoms with van der Waals surface area (Å²) in [5, 5.41) is 8.98. The Labute approximate surface area is 69.4 Å². The van der Waals surface area contributed by atoms with Crippen molar-refractivity contribution in [3.63, 3.8) is 0 Å². The molecule has 0 saturated heterocycles. The number of carbonyl (C=O) groups is 1. The second kappa shape index (κ2) is 3.15. The second-order valence-electron chi connectivity index (χ2n) is 2.54. The molecule has 1 N–H and O–H groups in total. The lowest BCUT2D eigenvalue weighted by atomic mass is 9.94. The van der Waals surface area contributed by atoms with Crippen molar-refractivity contribution in [1.29, 1.82) is 0 Å². The molecule has 0 amide bonds. The van der Waals surface area contributed by atoms with E-state index in [2.05, 4.69) is 4.79 Å². The van der Waals surface area contributed by atoms with E-state index in [-0.39, 0.29) is 17.3 Å². The van der Waals surface area contributed by atoms with Gasteiger partial charge in [0, 0.05) is 0 Å². The Morgan fingerprint density at radius 3 is 2.92 bits per heavy atom. The molecule has 1 atom stereocenters. The zero-order valence-corrected chi connectivity index (χ0v) is 6.56. The molecular formula is C8H8N2O2. The molecule has 0 saturated carbocycles. The highest BCUT2D eigenvalue weighted by molar-refractivity contribution is 6.09. The molecule has 1 rings (SSSR count). The van der Waals surface area contributed by atoms with E-state index >= 15 is 0 Å². The van der Waals surface area contributed by atoms with Crippen LogP contribution >= 0.6 is 0 Å². The van der Waals surface area contributed by atoms with Crippen molar-refractivity contribution in [2.75, 3.05) is 0 Å². The number of allylic oxidation sites excluding steroid dienone is 3. The molecule has 0 aliphatic heterocycles. The maximum absolute atomic E-state index is 10.9. The Balaban J connectivity index is 3.04. The van der Waals surface area contributed by atoms with Gasteiger partial charge in [0.2, 0.25) is 0 Å². The van der Waals surface area contributed by atoms with Gasteiger partial charge in [0.15, 0.2) is 0 Å². The lowest BCUT2D eigenvalue weighted by molar-refractivity contribution is -0.118. The number of hydrogen-bond donors (Lipinski definition) is 1. The number of rotatable bonds is 1. The van der Waals surface area contributed by atoms with Crippen molar-refractivity contribution in [2.24, 2.45) is 5.92 Å². The van der Waals surface area contributed by atoms with E-state index in [1.54, 1.807) is 0 Å². The minimum absolute atomic E-state index is 0.0136. The first-order chi connectivity index (χ1) is 5.65. The van der Waals surface area contributed by atoms with Crippen molar-refractivity contribution in [1.82, 2.24) is 0 Å². The zero-order chi connectivity index (χ0) is 9.14. The number of hydrogen-bond acceptors (Lipinski definition) is 2. The summed E-state index contributed by atoms with van der Waals surface area (Å²) in [4.78, 5) is 13.8. The third-order valence-corrected chi connectivity index (χ3v) is 1.63. The minimum Gasteiger partial charge on any atom is -0.508 e. The summed E-state index contributed by atoms with van der Waals surface area (Å²) < 4.78 is 0. The number of aliphatic hydroxyl groups excluding tert-OH is 1. The maximum atomic E-state index is 10.9. The highest BCUT2D eigenvalue weighted by Crippen LogP contribution is 2.11. The van der Waals surface area contributed by atoms with Crippen LogP contribution in [0, 0.1) is 5.92 Å². The predicted octanol–water partition coefficient (Wildman–Crippen LogP) is 0.874. The van der Waals surface area contributed by atoms with E-state index < -0.39 is 5.92 Å². The first-order valence-corrected chi connectivity index (χ1v) is 3.46. The summed E-state index contributed by atoms with van der Waals surface area (Å²) in [5.41, 5.74) is 8.64. The van der Waals surface area contributed by atoms with Crippen LogP contribution in [0.1, 0.15) is 6.92 Å². The molecule has 0 aromatic heterocycles. The van der Waals surface area contributed by atoms with Crippen LogP contribution in [0.5, 0.6) is 0 Å². The molecule has 1 aliphatic rings. The van der Waals surface area contributed by atoms with Crippen LogP contribution in [-0.4, -0.2) is 21.4 Å². The number of ketones is 1. The van der Waals surface area contributed by atoms with Gasteiger partial charge in [-0.15, -0.1) is 0 Å². The Bertz CT molecular complexity index is 322. The fourth-order valence-corrected chi connectivity index (χ4v) is 1.02. The molecule has 62 valence electrons. The SMILES string of the molecule is CC(=O)C1C=CC(O)=CC1=[N+]=[N-]. The van der Waals surface area contributed by atoms with Crippen molar-refractivity contribution in [2.45, 2.75) is 6.92 Å². The molecule has 0 aromatic rings. The van der Waals surface area contributed by atoms with Crippen LogP contribution in [0.2, 0.25) is 0 Å². The van der Waals surface area contributed by atoms with Gasteiger partial charge in [0.1, 0.15) is 17.5 Å². The van der Waals surface area contributed by atoms with Crippen molar-refractivity contribution in [3.05, 3.63) is 29.5 Å².